The van der Waals surface area contributed by atoms with Gasteiger partial charge in [0.1, 0.15) is 0 Å². The molecule has 1 heterocycles. The topological polar surface area (TPSA) is 46.2 Å². The van der Waals surface area contributed by atoms with Crippen LogP contribution in [0.4, 0.5) is 5.69 Å². The smallest absolute Gasteiger partial charge is 0.0928 e. The normalized spacial score (nSPS) is 22.9. The summed E-state index contributed by atoms with van der Waals surface area (Å²) in [6.45, 7) is 0. The first-order valence-electron chi connectivity index (χ1n) is 5.03. The van der Waals surface area contributed by atoms with Gasteiger partial charge in [-0.15, -0.1) is 0 Å². The van der Waals surface area contributed by atoms with Crippen molar-refractivity contribution in [2.45, 2.75) is 24.2 Å². The van der Waals surface area contributed by atoms with Gasteiger partial charge in [0, 0.05) is 21.0 Å². The quantitative estimate of drug-likeness (QED) is 0.822. The maximum atomic E-state index is 10.2. The second kappa shape index (κ2) is 4.76. The summed E-state index contributed by atoms with van der Waals surface area (Å²) in [7, 11) is 0. The number of hydrogen-bond donors (Lipinski definition) is 2. The lowest BCUT2D eigenvalue weighted by molar-refractivity contribution is 0.174. The van der Waals surface area contributed by atoms with Crippen molar-refractivity contribution in [3.63, 3.8) is 0 Å². The van der Waals surface area contributed by atoms with E-state index in [4.69, 9.17) is 5.73 Å². The van der Waals surface area contributed by atoms with E-state index in [-0.39, 0.29) is 0 Å². The number of aliphatic hydroxyl groups excluding tert-OH is 1. The highest BCUT2D eigenvalue weighted by molar-refractivity contribution is 9.10. The SMILES string of the molecule is Nc1ccc(Br)cc1C(O)C1CCCS1. The lowest BCUT2D eigenvalue weighted by Gasteiger charge is -2.19. The molecule has 2 unspecified atom stereocenters. The van der Waals surface area contributed by atoms with Crippen molar-refractivity contribution in [2.75, 3.05) is 11.5 Å². The molecule has 1 aromatic rings. The third kappa shape index (κ3) is 2.49. The number of nitrogens with two attached hydrogens (primary N) is 1. The molecule has 0 amide bonds. The third-order valence-electron chi connectivity index (χ3n) is 2.68. The number of benzene rings is 1. The molecule has 15 heavy (non-hydrogen) atoms. The van der Waals surface area contributed by atoms with Gasteiger partial charge in [0.25, 0.3) is 0 Å². The van der Waals surface area contributed by atoms with Gasteiger partial charge in [0.2, 0.25) is 0 Å². The van der Waals surface area contributed by atoms with Crippen LogP contribution in [0.3, 0.4) is 0 Å². The van der Waals surface area contributed by atoms with Crippen molar-refractivity contribution in [3.8, 4) is 0 Å². The lowest BCUT2D eigenvalue weighted by atomic mass is 10.0. The zero-order valence-corrected chi connectivity index (χ0v) is 10.7. The Morgan fingerprint density at radius 1 is 1.53 bits per heavy atom. The van der Waals surface area contributed by atoms with E-state index in [1.54, 1.807) is 0 Å². The van der Waals surface area contributed by atoms with Crippen LogP contribution in [0.25, 0.3) is 0 Å². The molecule has 2 nitrogen and oxygen atoms in total. The molecule has 0 spiro atoms. The zero-order chi connectivity index (χ0) is 10.8. The minimum atomic E-state index is -0.435. The van der Waals surface area contributed by atoms with E-state index in [2.05, 4.69) is 15.9 Å². The Bertz CT molecular complexity index is 352. The fraction of sp³-hybridized carbons (Fsp3) is 0.455. The molecular weight excluding hydrogens is 274 g/mol. The predicted molar refractivity (Wildman–Crippen MR) is 69.0 cm³/mol. The van der Waals surface area contributed by atoms with E-state index in [1.807, 2.05) is 30.0 Å². The predicted octanol–water partition coefficient (Wildman–Crippen LogP) is 2.96. The summed E-state index contributed by atoms with van der Waals surface area (Å²) in [4.78, 5) is 0. The summed E-state index contributed by atoms with van der Waals surface area (Å²) in [5.74, 6) is 1.15. The highest BCUT2D eigenvalue weighted by Gasteiger charge is 2.26. The van der Waals surface area contributed by atoms with Gasteiger partial charge in [-0.05, 0) is 36.8 Å². The maximum Gasteiger partial charge on any atom is 0.0928 e. The Kier molecular flexibility index (Phi) is 3.59. The molecule has 3 N–H and O–H groups in total. The molecule has 4 heteroatoms. The average Bonchev–Trinajstić information content (AvgIpc) is 2.74. The number of thioether (sulfide) groups is 1. The molecule has 0 saturated carbocycles. The second-order valence-electron chi connectivity index (χ2n) is 3.77. The Hall–Kier alpha value is -0.190. The molecule has 1 saturated heterocycles. The first-order valence-corrected chi connectivity index (χ1v) is 6.87. The van der Waals surface area contributed by atoms with Crippen LogP contribution in [0, 0.1) is 0 Å². The Balaban J connectivity index is 2.23. The van der Waals surface area contributed by atoms with E-state index < -0.39 is 6.10 Å². The van der Waals surface area contributed by atoms with Crippen LogP contribution in [0.15, 0.2) is 22.7 Å². The number of anilines is 1. The fourth-order valence-electron chi connectivity index (χ4n) is 1.85. The lowest BCUT2D eigenvalue weighted by Crippen LogP contribution is -2.13. The number of aliphatic hydroxyl groups is 1. The molecule has 1 aliphatic rings. The summed E-state index contributed by atoms with van der Waals surface area (Å²) in [6, 6.07) is 5.65. The summed E-state index contributed by atoms with van der Waals surface area (Å²) in [5, 5.41) is 10.5. The Labute approximate surface area is 102 Å². The van der Waals surface area contributed by atoms with Gasteiger partial charge in [0.15, 0.2) is 0 Å². The van der Waals surface area contributed by atoms with Gasteiger partial charge < -0.3 is 10.8 Å². The van der Waals surface area contributed by atoms with Gasteiger partial charge in [0.05, 0.1) is 6.10 Å². The number of rotatable bonds is 2. The van der Waals surface area contributed by atoms with Crippen molar-refractivity contribution in [2.24, 2.45) is 0 Å². The van der Waals surface area contributed by atoms with Crippen LogP contribution >= 0.6 is 27.7 Å². The summed E-state index contributed by atoms with van der Waals surface area (Å²) in [5.41, 5.74) is 7.40. The molecule has 1 aliphatic heterocycles. The molecule has 82 valence electrons. The van der Waals surface area contributed by atoms with Gasteiger partial charge in [-0.3, -0.25) is 0 Å². The Morgan fingerprint density at radius 3 is 3.00 bits per heavy atom. The van der Waals surface area contributed by atoms with E-state index in [1.165, 1.54) is 6.42 Å². The molecule has 2 atom stereocenters. The largest absolute Gasteiger partial charge is 0.398 e. The minimum Gasteiger partial charge on any atom is -0.398 e. The fourth-order valence-corrected chi connectivity index (χ4v) is 3.53. The van der Waals surface area contributed by atoms with E-state index in [0.29, 0.717) is 10.9 Å². The molecule has 1 fully saturated rings. The van der Waals surface area contributed by atoms with Crippen LogP contribution in [-0.4, -0.2) is 16.1 Å². The van der Waals surface area contributed by atoms with Gasteiger partial charge in [-0.1, -0.05) is 15.9 Å². The van der Waals surface area contributed by atoms with Crippen molar-refractivity contribution in [3.05, 3.63) is 28.2 Å². The number of hydrogen-bond acceptors (Lipinski definition) is 3. The van der Waals surface area contributed by atoms with Crippen LogP contribution in [-0.2, 0) is 0 Å². The van der Waals surface area contributed by atoms with Crippen molar-refractivity contribution >= 4 is 33.4 Å². The number of halogens is 1. The Morgan fingerprint density at radius 2 is 2.33 bits per heavy atom. The third-order valence-corrected chi connectivity index (χ3v) is 4.62. The standard InChI is InChI=1S/C11H14BrNOS/c12-7-3-4-9(13)8(6-7)11(14)10-2-1-5-15-10/h3-4,6,10-11,14H,1-2,5,13H2. The first-order chi connectivity index (χ1) is 7.18. The number of nitrogen functional groups attached to an aromatic ring is 1. The molecule has 2 rings (SSSR count). The molecular formula is C11H14BrNOS. The molecule has 0 aromatic heterocycles. The van der Waals surface area contributed by atoms with E-state index >= 15 is 0 Å². The molecule has 1 aromatic carbocycles. The molecule has 0 aliphatic carbocycles. The van der Waals surface area contributed by atoms with Crippen molar-refractivity contribution in [1.82, 2.24) is 0 Å². The second-order valence-corrected chi connectivity index (χ2v) is 6.03. The summed E-state index contributed by atoms with van der Waals surface area (Å²) < 4.78 is 0.966. The highest BCUT2D eigenvalue weighted by atomic mass is 79.9. The van der Waals surface area contributed by atoms with Crippen LogP contribution in [0.2, 0.25) is 0 Å². The summed E-state index contributed by atoms with van der Waals surface area (Å²) >= 11 is 5.24. The highest BCUT2D eigenvalue weighted by Crippen LogP contribution is 2.38. The summed E-state index contributed by atoms with van der Waals surface area (Å²) in [6.07, 6.45) is 1.84. The van der Waals surface area contributed by atoms with Crippen LogP contribution < -0.4 is 5.73 Å². The van der Waals surface area contributed by atoms with Gasteiger partial charge in [-0.2, -0.15) is 11.8 Å². The van der Waals surface area contributed by atoms with Crippen LogP contribution in [0.1, 0.15) is 24.5 Å². The first kappa shape index (κ1) is 11.3. The maximum absolute atomic E-state index is 10.2. The van der Waals surface area contributed by atoms with E-state index in [0.717, 1.165) is 22.2 Å². The minimum absolute atomic E-state index is 0.307. The molecule has 0 radical (unpaired) electrons. The monoisotopic (exact) mass is 287 g/mol. The van der Waals surface area contributed by atoms with Gasteiger partial charge >= 0.3 is 0 Å². The van der Waals surface area contributed by atoms with E-state index in [9.17, 15) is 5.11 Å². The van der Waals surface area contributed by atoms with Gasteiger partial charge in [-0.25, -0.2) is 0 Å². The van der Waals surface area contributed by atoms with Crippen molar-refractivity contribution < 1.29 is 5.11 Å². The zero-order valence-electron chi connectivity index (χ0n) is 8.32. The van der Waals surface area contributed by atoms with Crippen LogP contribution in [0.5, 0.6) is 0 Å². The molecule has 0 bridgehead atoms. The van der Waals surface area contributed by atoms with Crippen molar-refractivity contribution in [1.29, 1.82) is 0 Å². The average molecular weight is 288 g/mol.